The van der Waals surface area contributed by atoms with Gasteiger partial charge in [0, 0.05) is 0 Å². The molecule has 0 heterocycles. The molecule has 0 aromatic heterocycles. The van der Waals surface area contributed by atoms with E-state index in [1.54, 1.807) is 0 Å². The molecule has 1 heteroatoms. The van der Waals surface area contributed by atoms with Gasteiger partial charge in [0.05, 0.1) is 6.61 Å². The molecule has 90 valence electrons. The van der Waals surface area contributed by atoms with Gasteiger partial charge in [-0.15, -0.1) is 0 Å². The molecule has 0 saturated heterocycles. The van der Waals surface area contributed by atoms with Crippen molar-refractivity contribution >= 4 is 0 Å². The lowest BCUT2D eigenvalue weighted by Gasteiger charge is -2.36. The fourth-order valence-corrected chi connectivity index (χ4v) is 3.65. The summed E-state index contributed by atoms with van der Waals surface area (Å²) >= 11 is 0. The van der Waals surface area contributed by atoms with Crippen LogP contribution in [-0.4, -0.2) is 11.7 Å². The number of hydrogen-bond donors (Lipinski definition) is 1. The van der Waals surface area contributed by atoms with Crippen LogP contribution in [0.15, 0.2) is 23.8 Å². The van der Waals surface area contributed by atoms with E-state index in [1.165, 1.54) is 31.3 Å². The molecule has 2 saturated carbocycles. The third-order valence-corrected chi connectivity index (χ3v) is 4.97. The van der Waals surface area contributed by atoms with Crippen molar-refractivity contribution in [2.24, 2.45) is 17.3 Å². The molecule has 2 bridgehead atoms. The van der Waals surface area contributed by atoms with Crippen molar-refractivity contribution in [2.45, 2.75) is 46.0 Å². The molecule has 2 aliphatic rings. The Morgan fingerprint density at radius 2 is 2.31 bits per heavy atom. The lowest BCUT2D eigenvalue weighted by atomic mass is 9.69. The van der Waals surface area contributed by atoms with Crippen LogP contribution in [0.4, 0.5) is 0 Å². The molecule has 0 spiro atoms. The minimum absolute atomic E-state index is 0.198. The zero-order valence-electron chi connectivity index (χ0n) is 10.6. The summed E-state index contributed by atoms with van der Waals surface area (Å²) in [7, 11) is 0. The van der Waals surface area contributed by atoms with Gasteiger partial charge in [-0.3, -0.25) is 0 Å². The van der Waals surface area contributed by atoms with E-state index in [0.29, 0.717) is 5.41 Å². The molecule has 1 nitrogen and oxygen atoms in total. The molecule has 0 aromatic carbocycles. The second-order valence-electron chi connectivity index (χ2n) is 5.90. The molecule has 3 atom stereocenters. The molecular weight excluding hydrogens is 196 g/mol. The van der Waals surface area contributed by atoms with Gasteiger partial charge in [-0.1, -0.05) is 30.7 Å². The van der Waals surface area contributed by atoms with Crippen LogP contribution in [0.2, 0.25) is 0 Å². The van der Waals surface area contributed by atoms with Crippen LogP contribution in [0.1, 0.15) is 46.0 Å². The summed E-state index contributed by atoms with van der Waals surface area (Å²) in [5.41, 5.74) is 2.99. The highest BCUT2D eigenvalue weighted by molar-refractivity contribution is 5.24. The van der Waals surface area contributed by atoms with E-state index in [9.17, 15) is 0 Å². The van der Waals surface area contributed by atoms with Crippen LogP contribution in [0, 0.1) is 17.3 Å². The van der Waals surface area contributed by atoms with E-state index >= 15 is 0 Å². The summed E-state index contributed by atoms with van der Waals surface area (Å²) < 4.78 is 0. The molecule has 1 N–H and O–H groups in total. The van der Waals surface area contributed by atoms with E-state index < -0.39 is 0 Å². The monoisotopic (exact) mass is 220 g/mol. The predicted molar refractivity (Wildman–Crippen MR) is 68.2 cm³/mol. The van der Waals surface area contributed by atoms with Gasteiger partial charge in [0.15, 0.2) is 0 Å². The van der Waals surface area contributed by atoms with Gasteiger partial charge in [0.2, 0.25) is 0 Å². The lowest BCUT2D eigenvalue weighted by Crippen LogP contribution is -2.26. The summed E-state index contributed by atoms with van der Waals surface area (Å²) in [6.45, 7) is 8.94. The Hall–Kier alpha value is -0.560. The van der Waals surface area contributed by atoms with Crippen molar-refractivity contribution in [3.05, 3.63) is 23.8 Å². The minimum atomic E-state index is 0.198. The second-order valence-corrected chi connectivity index (χ2v) is 5.90. The number of fused-ring (bicyclic) bond motifs is 2. The van der Waals surface area contributed by atoms with Crippen molar-refractivity contribution < 1.29 is 5.11 Å². The Labute approximate surface area is 99.3 Å². The van der Waals surface area contributed by atoms with Gasteiger partial charge < -0.3 is 5.11 Å². The van der Waals surface area contributed by atoms with Crippen molar-refractivity contribution in [3.8, 4) is 0 Å². The number of hydrogen-bond acceptors (Lipinski definition) is 1. The molecule has 0 aromatic rings. The molecule has 0 radical (unpaired) electrons. The quantitative estimate of drug-likeness (QED) is 0.716. The third kappa shape index (κ3) is 1.86. The SMILES string of the molecule is C=C1[C@H]2CC[C@H](C2)[C@]1(C)CCC=C(C)CO. The Bertz CT molecular complexity index is 315. The predicted octanol–water partition coefficient (Wildman–Crippen LogP) is 3.70. The highest BCUT2D eigenvalue weighted by Crippen LogP contribution is 2.60. The van der Waals surface area contributed by atoms with Gasteiger partial charge >= 0.3 is 0 Å². The number of aliphatic hydroxyl groups excluding tert-OH is 1. The molecule has 0 unspecified atom stereocenters. The van der Waals surface area contributed by atoms with Crippen molar-refractivity contribution in [1.82, 2.24) is 0 Å². The standard InChI is InChI=1S/C15H24O/c1-11(10-16)5-4-8-15(3)12(2)13-6-7-14(15)9-13/h5,13-14,16H,2,4,6-10H2,1,3H3/t13-,14+,15+/m0/s1. The normalized spacial score (nSPS) is 38.4. The minimum Gasteiger partial charge on any atom is -0.392 e. The van der Waals surface area contributed by atoms with Crippen LogP contribution >= 0.6 is 0 Å². The number of aliphatic hydroxyl groups is 1. The fraction of sp³-hybridized carbons (Fsp3) is 0.733. The maximum absolute atomic E-state index is 8.96. The Morgan fingerprint density at radius 1 is 1.56 bits per heavy atom. The molecule has 2 rings (SSSR count). The van der Waals surface area contributed by atoms with Crippen LogP contribution in [0.25, 0.3) is 0 Å². The zero-order chi connectivity index (χ0) is 11.8. The largest absolute Gasteiger partial charge is 0.392 e. The molecule has 0 aliphatic heterocycles. The molecule has 2 fully saturated rings. The Morgan fingerprint density at radius 3 is 2.88 bits per heavy atom. The van der Waals surface area contributed by atoms with E-state index in [1.807, 2.05) is 6.92 Å². The highest BCUT2D eigenvalue weighted by Gasteiger charge is 2.49. The molecule has 2 aliphatic carbocycles. The van der Waals surface area contributed by atoms with Crippen LogP contribution < -0.4 is 0 Å². The first-order chi connectivity index (χ1) is 7.58. The zero-order valence-corrected chi connectivity index (χ0v) is 10.6. The summed E-state index contributed by atoms with van der Waals surface area (Å²) in [5, 5.41) is 8.96. The van der Waals surface area contributed by atoms with E-state index in [4.69, 9.17) is 5.11 Å². The molecule has 16 heavy (non-hydrogen) atoms. The van der Waals surface area contributed by atoms with Crippen molar-refractivity contribution in [1.29, 1.82) is 0 Å². The first-order valence-corrected chi connectivity index (χ1v) is 6.53. The number of rotatable bonds is 4. The maximum atomic E-state index is 8.96. The second kappa shape index (κ2) is 4.37. The van der Waals surface area contributed by atoms with Crippen LogP contribution in [-0.2, 0) is 0 Å². The van der Waals surface area contributed by atoms with Gasteiger partial charge in [-0.05, 0) is 56.3 Å². The van der Waals surface area contributed by atoms with Crippen molar-refractivity contribution in [3.63, 3.8) is 0 Å². The topological polar surface area (TPSA) is 20.2 Å². The first kappa shape index (κ1) is 11.9. The highest BCUT2D eigenvalue weighted by atomic mass is 16.3. The van der Waals surface area contributed by atoms with E-state index in [-0.39, 0.29) is 6.61 Å². The van der Waals surface area contributed by atoms with E-state index in [0.717, 1.165) is 23.8 Å². The van der Waals surface area contributed by atoms with Gasteiger partial charge in [0.1, 0.15) is 0 Å². The van der Waals surface area contributed by atoms with Gasteiger partial charge in [-0.25, -0.2) is 0 Å². The van der Waals surface area contributed by atoms with Gasteiger partial charge in [0.25, 0.3) is 0 Å². The smallest absolute Gasteiger partial charge is 0.0639 e. The maximum Gasteiger partial charge on any atom is 0.0639 e. The summed E-state index contributed by atoms with van der Waals surface area (Å²) in [6.07, 6.45) is 8.66. The lowest BCUT2D eigenvalue weighted by molar-refractivity contribution is 0.240. The van der Waals surface area contributed by atoms with Crippen LogP contribution in [0.5, 0.6) is 0 Å². The molecule has 0 amide bonds. The van der Waals surface area contributed by atoms with Crippen molar-refractivity contribution in [2.75, 3.05) is 6.61 Å². The fourth-order valence-electron chi connectivity index (χ4n) is 3.65. The average Bonchev–Trinajstić information content (AvgIpc) is 2.83. The average molecular weight is 220 g/mol. The first-order valence-electron chi connectivity index (χ1n) is 6.53. The van der Waals surface area contributed by atoms with Gasteiger partial charge in [-0.2, -0.15) is 0 Å². The number of allylic oxidation sites excluding steroid dienone is 2. The Balaban J connectivity index is 1.96. The van der Waals surface area contributed by atoms with Crippen LogP contribution in [0.3, 0.4) is 0 Å². The van der Waals surface area contributed by atoms with E-state index in [2.05, 4.69) is 19.6 Å². The summed E-state index contributed by atoms with van der Waals surface area (Å²) in [6, 6.07) is 0. The summed E-state index contributed by atoms with van der Waals surface area (Å²) in [5.74, 6) is 1.70. The molecular formula is C15H24O. The summed E-state index contributed by atoms with van der Waals surface area (Å²) in [4.78, 5) is 0. The third-order valence-electron chi connectivity index (χ3n) is 4.97. The Kier molecular flexibility index (Phi) is 3.25.